The number of hydrogen-bond donors (Lipinski definition) is 1. The fraction of sp³-hybridized carbons (Fsp3) is 0.929. The third-order valence-electron chi connectivity index (χ3n) is 7.03. The Morgan fingerprint density at radius 1 is 0.688 bits per heavy atom. The first kappa shape index (κ1) is 29.0. The van der Waals surface area contributed by atoms with Crippen molar-refractivity contribution in [1.29, 1.82) is 0 Å². The first-order valence-electron chi connectivity index (χ1n) is 13.7. The highest BCUT2D eigenvalue weighted by Gasteiger charge is 2.37. The molecule has 0 aromatic carbocycles. The Kier molecular flexibility index (Phi) is 15.8. The van der Waals surface area contributed by atoms with Gasteiger partial charge in [0, 0.05) is 0 Å². The predicted molar refractivity (Wildman–Crippen MR) is 133 cm³/mol. The Bertz CT molecular complexity index is 500. The van der Waals surface area contributed by atoms with Crippen molar-refractivity contribution in [3.05, 3.63) is 0 Å². The van der Waals surface area contributed by atoms with Crippen molar-refractivity contribution in [2.45, 2.75) is 143 Å². The Morgan fingerprint density at radius 3 is 1.59 bits per heavy atom. The van der Waals surface area contributed by atoms with Crippen LogP contribution in [0, 0.1) is 23.7 Å². The van der Waals surface area contributed by atoms with Crippen LogP contribution in [-0.4, -0.2) is 23.1 Å². The molecule has 0 amide bonds. The number of rotatable bonds is 18. The van der Waals surface area contributed by atoms with E-state index in [1.54, 1.807) is 0 Å². The Morgan fingerprint density at radius 2 is 1.09 bits per heavy atom. The van der Waals surface area contributed by atoms with Gasteiger partial charge in [-0.1, -0.05) is 98.3 Å². The maximum Gasteiger partial charge on any atom is 0.310 e. The summed E-state index contributed by atoms with van der Waals surface area (Å²) in [5.74, 6) is -0.590. The number of hydrogen-bond acceptors (Lipinski definition) is 3. The molecule has 0 aromatic rings. The van der Waals surface area contributed by atoms with Crippen LogP contribution in [0.3, 0.4) is 0 Å². The number of carbonyl (C=O) groups excluding carboxylic acids is 1. The number of esters is 1. The van der Waals surface area contributed by atoms with E-state index in [-0.39, 0.29) is 12.1 Å². The predicted octanol–water partition coefficient (Wildman–Crippen LogP) is 8.17. The van der Waals surface area contributed by atoms with E-state index in [0.29, 0.717) is 18.8 Å². The minimum atomic E-state index is -0.839. The lowest BCUT2D eigenvalue weighted by atomic mass is 9.79. The van der Waals surface area contributed by atoms with Crippen molar-refractivity contribution in [1.82, 2.24) is 0 Å². The van der Waals surface area contributed by atoms with Crippen molar-refractivity contribution < 1.29 is 19.4 Å². The molecule has 0 aromatic heterocycles. The molecule has 0 bridgehead atoms. The van der Waals surface area contributed by atoms with Gasteiger partial charge in [-0.15, -0.1) is 0 Å². The number of carboxylic acid groups (broad SMARTS) is 1. The number of ether oxygens (including phenoxy) is 1. The van der Waals surface area contributed by atoms with Crippen LogP contribution in [-0.2, 0) is 14.3 Å². The van der Waals surface area contributed by atoms with E-state index in [1.165, 1.54) is 57.8 Å². The highest BCUT2D eigenvalue weighted by molar-refractivity contribution is 5.81. The van der Waals surface area contributed by atoms with Crippen molar-refractivity contribution in [3.8, 4) is 0 Å². The van der Waals surface area contributed by atoms with Crippen LogP contribution in [0.15, 0.2) is 0 Å². The maximum absolute atomic E-state index is 12.9. The summed E-state index contributed by atoms with van der Waals surface area (Å²) < 4.78 is 5.96. The molecule has 1 N–H and O–H groups in total. The van der Waals surface area contributed by atoms with Crippen LogP contribution in [0.4, 0.5) is 0 Å². The van der Waals surface area contributed by atoms with Gasteiger partial charge in [-0.05, 0) is 50.4 Å². The third kappa shape index (κ3) is 13.5. The average Bonchev–Trinajstić information content (AvgIpc) is 2.74. The normalized spacial score (nSPS) is 19.9. The summed E-state index contributed by atoms with van der Waals surface area (Å²) in [6.07, 6.45) is 18.6. The molecule has 0 heterocycles. The molecule has 3 atom stereocenters. The van der Waals surface area contributed by atoms with E-state index in [2.05, 4.69) is 27.7 Å². The van der Waals surface area contributed by atoms with Gasteiger partial charge in [0.1, 0.15) is 6.10 Å². The fourth-order valence-electron chi connectivity index (χ4n) is 4.96. The molecule has 3 unspecified atom stereocenters. The minimum absolute atomic E-state index is 0.0444. The molecule has 4 heteroatoms. The quantitative estimate of drug-likeness (QED) is 0.168. The highest BCUT2D eigenvalue weighted by atomic mass is 16.5. The first-order valence-corrected chi connectivity index (χ1v) is 13.7. The van der Waals surface area contributed by atoms with Gasteiger partial charge in [0.15, 0.2) is 0 Å². The average molecular weight is 453 g/mol. The SMILES string of the molecule is CC(C)CCCCCCCCCC(CCCCC(C)C)OC(=O)C1CCCCC1C(=O)O. The lowest BCUT2D eigenvalue weighted by Gasteiger charge is -2.29. The zero-order chi connectivity index (χ0) is 23.8. The highest BCUT2D eigenvalue weighted by Crippen LogP contribution is 2.32. The van der Waals surface area contributed by atoms with Crippen LogP contribution >= 0.6 is 0 Å². The summed E-state index contributed by atoms with van der Waals surface area (Å²) in [7, 11) is 0. The summed E-state index contributed by atoms with van der Waals surface area (Å²) >= 11 is 0. The van der Waals surface area contributed by atoms with Crippen LogP contribution in [0.5, 0.6) is 0 Å². The molecule has 188 valence electrons. The van der Waals surface area contributed by atoms with E-state index >= 15 is 0 Å². The van der Waals surface area contributed by atoms with Crippen molar-refractivity contribution in [2.24, 2.45) is 23.7 Å². The molecule has 1 rings (SSSR count). The minimum Gasteiger partial charge on any atom is -0.481 e. The number of aliphatic carboxylic acids is 1. The number of unbranched alkanes of at least 4 members (excludes halogenated alkanes) is 7. The van der Waals surface area contributed by atoms with E-state index in [9.17, 15) is 14.7 Å². The zero-order valence-corrected chi connectivity index (χ0v) is 21.6. The summed E-state index contributed by atoms with van der Waals surface area (Å²) in [5, 5.41) is 9.51. The Labute approximate surface area is 198 Å². The molecule has 1 aliphatic rings. The second-order valence-corrected chi connectivity index (χ2v) is 11.0. The molecule has 0 saturated heterocycles. The molecular weight excluding hydrogens is 400 g/mol. The lowest BCUT2D eigenvalue weighted by Crippen LogP contribution is -2.35. The van der Waals surface area contributed by atoms with E-state index in [4.69, 9.17) is 4.74 Å². The molecule has 0 radical (unpaired) electrons. The summed E-state index contributed by atoms with van der Waals surface area (Å²) in [6.45, 7) is 9.08. The molecule has 1 fully saturated rings. The van der Waals surface area contributed by atoms with Gasteiger partial charge >= 0.3 is 11.9 Å². The summed E-state index contributed by atoms with van der Waals surface area (Å²) in [5.41, 5.74) is 0. The molecule has 1 aliphatic carbocycles. The van der Waals surface area contributed by atoms with Crippen LogP contribution in [0.1, 0.15) is 137 Å². The van der Waals surface area contributed by atoms with Crippen molar-refractivity contribution in [3.63, 3.8) is 0 Å². The van der Waals surface area contributed by atoms with Crippen molar-refractivity contribution in [2.75, 3.05) is 0 Å². The Hall–Kier alpha value is -1.06. The monoisotopic (exact) mass is 452 g/mol. The molecule has 1 saturated carbocycles. The fourth-order valence-corrected chi connectivity index (χ4v) is 4.96. The third-order valence-corrected chi connectivity index (χ3v) is 7.03. The van der Waals surface area contributed by atoms with E-state index in [1.807, 2.05) is 0 Å². The standard InChI is InChI=1S/C28H52O4/c1-22(2)16-10-8-6-5-7-9-11-18-24(19-13-12-17-23(3)4)32-28(31)26-21-15-14-20-25(26)27(29)30/h22-26H,5-21H2,1-4H3,(H,29,30). The number of carboxylic acids is 1. The van der Waals surface area contributed by atoms with Gasteiger partial charge < -0.3 is 9.84 Å². The summed E-state index contributed by atoms with van der Waals surface area (Å²) in [6, 6.07) is 0. The van der Waals surface area contributed by atoms with Crippen LogP contribution in [0.25, 0.3) is 0 Å². The number of carbonyl (C=O) groups is 2. The van der Waals surface area contributed by atoms with Crippen LogP contribution in [0.2, 0.25) is 0 Å². The van der Waals surface area contributed by atoms with E-state index < -0.39 is 17.8 Å². The molecular formula is C28H52O4. The smallest absolute Gasteiger partial charge is 0.310 e. The van der Waals surface area contributed by atoms with Gasteiger partial charge in [-0.2, -0.15) is 0 Å². The summed E-state index contributed by atoms with van der Waals surface area (Å²) in [4.78, 5) is 24.5. The first-order chi connectivity index (χ1) is 15.3. The zero-order valence-electron chi connectivity index (χ0n) is 21.6. The van der Waals surface area contributed by atoms with Crippen molar-refractivity contribution >= 4 is 11.9 Å². The van der Waals surface area contributed by atoms with Crippen LogP contribution < -0.4 is 0 Å². The second-order valence-electron chi connectivity index (χ2n) is 11.0. The molecule has 32 heavy (non-hydrogen) atoms. The molecule has 0 spiro atoms. The largest absolute Gasteiger partial charge is 0.481 e. The Balaban J connectivity index is 2.39. The van der Waals surface area contributed by atoms with Gasteiger partial charge in [0.25, 0.3) is 0 Å². The van der Waals surface area contributed by atoms with Gasteiger partial charge in [-0.3, -0.25) is 9.59 Å². The van der Waals surface area contributed by atoms with Gasteiger partial charge in [0.05, 0.1) is 11.8 Å². The van der Waals surface area contributed by atoms with E-state index in [0.717, 1.165) is 44.4 Å². The maximum atomic E-state index is 12.9. The van der Waals surface area contributed by atoms with Gasteiger partial charge in [0.2, 0.25) is 0 Å². The lowest BCUT2D eigenvalue weighted by molar-refractivity contribution is -0.164. The van der Waals surface area contributed by atoms with Gasteiger partial charge in [-0.25, -0.2) is 0 Å². The molecule has 0 aliphatic heterocycles. The second kappa shape index (κ2) is 17.4. The topological polar surface area (TPSA) is 63.6 Å². The molecule has 4 nitrogen and oxygen atoms in total.